The lowest BCUT2D eigenvalue weighted by molar-refractivity contribution is 0.318. The monoisotopic (exact) mass is 342 g/mol. The van der Waals surface area contributed by atoms with Crippen molar-refractivity contribution >= 4 is 10.9 Å². The molecule has 1 aliphatic heterocycles. The Morgan fingerprint density at radius 1 is 1.24 bits per heavy atom. The molecule has 0 atom stereocenters. The van der Waals surface area contributed by atoms with Crippen molar-refractivity contribution in [3.05, 3.63) is 41.6 Å². The van der Waals surface area contributed by atoms with Gasteiger partial charge >= 0.3 is 0 Å². The predicted molar refractivity (Wildman–Crippen MR) is 101 cm³/mol. The zero-order valence-corrected chi connectivity index (χ0v) is 14.2. The number of hydrogen-bond donors (Lipinski definition) is 2. The minimum atomic E-state index is -0.217. The molecule has 0 bridgehead atoms. The maximum absolute atomic E-state index is 13.4. The quantitative estimate of drug-likeness (QED) is 0.740. The van der Waals surface area contributed by atoms with Gasteiger partial charge in [-0.3, -0.25) is 4.68 Å². The van der Waals surface area contributed by atoms with Gasteiger partial charge in [0.05, 0.1) is 5.69 Å². The Morgan fingerprint density at radius 2 is 2.00 bits per heavy atom. The molecule has 0 amide bonds. The number of fused-ring (bicyclic) bond motifs is 1. The number of piperidine rings is 1. The fourth-order valence-electron chi connectivity index (χ4n) is 3.88. The van der Waals surface area contributed by atoms with Gasteiger partial charge in [0.15, 0.2) is 0 Å². The summed E-state index contributed by atoms with van der Waals surface area (Å²) in [5.74, 6) is 0.472. The van der Waals surface area contributed by atoms with Gasteiger partial charge in [0, 0.05) is 40.5 Å². The molecule has 2 N–H and O–H groups in total. The Bertz CT molecular complexity index is 871. The van der Waals surface area contributed by atoms with Gasteiger partial charge in [-0.25, -0.2) is 4.39 Å². The van der Waals surface area contributed by atoms with Gasteiger partial charge in [-0.05, 0) is 63.9 Å². The van der Waals surface area contributed by atoms with Crippen LogP contribution in [0.2, 0.25) is 0 Å². The topological polar surface area (TPSA) is 45.6 Å². The van der Waals surface area contributed by atoms with E-state index in [1.54, 1.807) is 6.07 Å². The fraction of sp³-hybridized carbons (Fsp3) is 0.450. The molecule has 1 aliphatic rings. The Balaban J connectivity index is 0.00000182. The molecule has 4 rings (SSSR count). The normalized spacial score (nSPS) is 15.5. The van der Waals surface area contributed by atoms with Gasteiger partial charge in [0.1, 0.15) is 5.82 Å². The molecule has 0 radical (unpaired) electrons. The number of H-pyrrole nitrogens is 1. The molecule has 0 saturated carbocycles. The van der Waals surface area contributed by atoms with E-state index in [0.29, 0.717) is 5.92 Å². The summed E-state index contributed by atoms with van der Waals surface area (Å²) in [5.41, 5.74) is 5.33. The number of aromatic nitrogens is 3. The Morgan fingerprint density at radius 3 is 2.76 bits per heavy atom. The van der Waals surface area contributed by atoms with Crippen LogP contribution in [-0.4, -0.2) is 27.9 Å². The van der Waals surface area contributed by atoms with E-state index in [4.69, 9.17) is 5.10 Å². The summed E-state index contributed by atoms with van der Waals surface area (Å²) in [6.07, 6.45) is 4.38. The van der Waals surface area contributed by atoms with Crippen molar-refractivity contribution in [1.29, 1.82) is 0 Å². The van der Waals surface area contributed by atoms with Crippen molar-refractivity contribution in [2.75, 3.05) is 13.1 Å². The van der Waals surface area contributed by atoms with Crippen molar-refractivity contribution in [3.63, 3.8) is 0 Å². The molecule has 1 fully saturated rings. The molecule has 3 heterocycles. The van der Waals surface area contributed by atoms with Crippen molar-refractivity contribution < 1.29 is 4.39 Å². The van der Waals surface area contributed by atoms with E-state index in [1.807, 2.05) is 12.3 Å². The molecule has 2 aromatic heterocycles. The summed E-state index contributed by atoms with van der Waals surface area (Å²) < 4.78 is 15.6. The highest BCUT2D eigenvalue weighted by molar-refractivity contribution is 5.96. The van der Waals surface area contributed by atoms with Crippen LogP contribution < -0.4 is 5.32 Å². The van der Waals surface area contributed by atoms with Crippen LogP contribution >= 0.6 is 0 Å². The van der Waals surface area contributed by atoms with Crippen LogP contribution in [0.25, 0.3) is 22.0 Å². The summed E-state index contributed by atoms with van der Waals surface area (Å²) in [6.45, 7) is 7.38. The van der Waals surface area contributed by atoms with Crippen molar-refractivity contribution in [2.24, 2.45) is 5.92 Å². The molecular weight excluding hydrogens is 315 g/mol. The van der Waals surface area contributed by atoms with Gasteiger partial charge < -0.3 is 10.3 Å². The zero-order valence-electron chi connectivity index (χ0n) is 14.2. The molecule has 1 aromatic carbocycles. The Hall–Kier alpha value is -2.14. The number of nitrogens with one attached hydrogen (secondary N) is 2. The molecule has 4 nitrogen and oxygen atoms in total. The highest BCUT2D eigenvalue weighted by Crippen LogP contribution is 2.34. The van der Waals surface area contributed by atoms with Crippen molar-refractivity contribution in [1.82, 2.24) is 20.1 Å². The minimum absolute atomic E-state index is 0. The molecular formula is C20H27FN4. The van der Waals surface area contributed by atoms with Gasteiger partial charge in [-0.2, -0.15) is 5.10 Å². The van der Waals surface area contributed by atoms with E-state index in [9.17, 15) is 4.39 Å². The summed E-state index contributed by atoms with van der Waals surface area (Å²) in [7, 11) is 0. The van der Waals surface area contributed by atoms with Crippen LogP contribution in [0.1, 0.15) is 31.7 Å². The number of hydrogen-bond acceptors (Lipinski definition) is 2. The molecule has 0 aliphatic carbocycles. The third-order valence-corrected chi connectivity index (χ3v) is 5.18. The smallest absolute Gasteiger partial charge is 0.125 e. The van der Waals surface area contributed by atoms with Gasteiger partial charge in [0.2, 0.25) is 0 Å². The largest absolute Gasteiger partial charge is 0.360 e. The number of halogens is 1. The van der Waals surface area contributed by atoms with Crippen LogP contribution in [0.15, 0.2) is 24.4 Å². The average Bonchev–Trinajstić information content (AvgIpc) is 3.09. The first-order chi connectivity index (χ1) is 11.6. The lowest BCUT2D eigenvalue weighted by atomic mass is 9.98. The van der Waals surface area contributed by atoms with E-state index in [-0.39, 0.29) is 13.2 Å². The first-order valence-electron chi connectivity index (χ1n) is 8.65. The molecule has 0 spiro atoms. The first kappa shape index (κ1) is 17.7. The summed E-state index contributed by atoms with van der Waals surface area (Å²) >= 11 is 0. The van der Waals surface area contributed by atoms with Crippen LogP contribution in [0.3, 0.4) is 0 Å². The van der Waals surface area contributed by atoms with Gasteiger partial charge in [-0.1, -0.05) is 7.43 Å². The van der Waals surface area contributed by atoms with Gasteiger partial charge in [-0.15, -0.1) is 0 Å². The number of nitrogens with zero attached hydrogens (tertiary/aromatic N) is 2. The lowest BCUT2D eigenvalue weighted by Crippen LogP contribution is -2.30. The third-order valence-electron chi connectivity index (χ3n) is 5.18. The molecule has 3 aromatic rings. The molecule has 134 valence electrons. The zero-order chi connectivity index (χ0) is 16.7. The second kappa shape index (κ2) is 7.00. The van der Waals surface area contributed by atoms with Crippen LogP contribution in [0, 0.1) is 25.6 Å². The highest BCUT2D eigenvalue weighted by Gasteiger charge is 2.20. The molecule has 0 unspecified atom stereocenters. The average molecular weight is 342 g/mol. The Kier molecular flexibility index (Phi) is 4.95. The highest BCUT2D eigenvalue weighted by atomic mass is 19.1. The number of aromatic amines is 1. The van der Waals surface area contributed by atoms with E-state index in [0.717, 1.165) is 41.8 Å². The molecule has 25 heavy (non-hydrogen) atoms. The summed E-state index contributed by atoms with van der Waals surface area (Å²) in [5, 5.41) is 9.25. The van der Waals surface area contributed by atoms with Gasteiger partial charge in [0.25, 0.3) is 0 Å². The third kappa shape index (κ3) is 3.21. The second-order valence-corrected chi connectivity index (χ2v) is 6.81. The first-order valence-corrected chi connectivity index (χ1v) is 8.65. The van der Waals surface area contributed by atoms with E-state index < -0.39 is 0 Å². The lowest BCUT2D eigenvalue weighted by Gasteiger charge is -2.23. The number of aryl methyl sites for hydroxylation is 1. The maximum Gasteiger partial charge on any atom is 0.125 e. The van der Waals surface area contributed by atoms with E-state index >= 15 is 0 Å². The van der Waals surface area contributed by atoms with Crippen LogP contribution in [-0.2, 0) is 6.54 Å². The number of rotatable bonds is 3. The molecule has 1 saturated heterocycles. The standard InChI is InChI=1S/C19H23FN4.CH4/c1-12-19(17-10-22-18-9-15(20)3-4-16(17)18)13(2)24(23-12)11-14-5-7-21-8-6-14;/h3-4,9-10,14,21-22H,5-8,11H2,1-2H3;1H4. The van der Waals surface area contributed by atoms with Crippen molar-refractivity contribution in [3.8, 4) is 11.1 Å². The minimum Gasteiger partial charge on any atom is -0.360 e. The predicted octanol–water partition coefficient (Wildman–Crippen LogP) is 4.42. The molecule has 5 heteroatoms. The number of benzene rings is 1. The van der Waals surface area contributed by atoms with Crippen molar-refractivity contribution in [2.45, 2.75) is 40.7 Å². The Labute approximate surface area is 148 Å². The van der Waals surface area contributed by atoms with E-state index in [2.05, 4.69) is 28.8 Å². The SMILES string of the molecule is C.Cc1nn(CC2CCNCC2)c(C)c1-c1c[nH]c2cc(F)ccc12. The van der Waals surface area contributed by atoms with Crippen LogP contribution in [0.4, 0.5) is 4.39 Å². The van der Waals surface area contributed by atoms with Crippen LogP contribution in [0.5, 0.6) is 0 Å². The maximum atomic E-state index is 13.4. The summed E-state index contributed by atoms with van der Waals surface area (Å²) in [6, 6.07) is 4.91. The van der Waals surface area contributed by atoms with E-state index in [1.165, 1.54) is 30.2 Å². The summed E-state index contributed by atoms with van der Waals surface area (Å²) in [4.78, 5) is 3.19. The fourth-order valence-corrected chi connectivity index (χ4v) is 3.88. The second-order valence-electron chi connectivity index (χ2n) is 6.81.